The minimum atomic E-state index is 0.525. The first-order chi connectivity index (χ1) is 8.66. The highest BCUT2D eigenvalue weighted by Crippen LogP contribution is 2.32. The summed E-state index contributed by atoms with van der Waals surface area (Å²) in [4.78, 5) is 0. The van der Waals surface area contributed by atoms with Crippen molar-refractivity contribution >= 4 is 15.9 Å². The number of benzene rings is 2. The number of hydrogen-bond acceptors (Lipinski definition) is 1. The van der Waals surface area contributed by atoms with E-state index >= 15 is 0 Å². The molecule has 1 nitrogen and oxygen atoms in total. The van der Waals surface area contributed by atoms with E-state index in [4.69, 9.17) is 4.74 Å². The molecular weight excluding hydrogens is 288 g/mol. The molecule has 2 aromatic rings. The monoisotopic (exact) mass is 304 g/mol. The molecule has 0 atom stereocenters. The molecular formula is C16H17BrO. The number of halogens is 1. The van der Waals surface area contributed by atoms with Gasteiger partial charge in [-0.15, -0.1) is 0 Å². The predicted octanol–water partition coefficient (Wildman–Crippen LogP) is 5.15. The first kappa shape index (κ1) is 13.2. The average Bonchev–Trinajstić information content (AvgIpc) is 2.38. The quantitative estimate of drug-likeness (QED) is 0.759. The van der Waals surface area contributed by atoms with Crippen molar-refractivity contribution < 1.29 is 4.74 Å². The lowest BCUT2D eigenvalue weighted by molar-refractivity contribution is 0.272. The molecule has 0 saturated carbocycles. The van der Waals surface area contributed by atoms with Crippen molar-refractivity contribution in [1.82, 2.24) is 0 Å². The molecule has 0 spiro atoms. The maximum atomic E-state index is 5.89. The van der Waals surface area contributed by atoms with Crippen LogP contribution in [-0.4, -0.2) is 6.61 Å². The fraction of sp³-hybridized carbons (Fsp3) is 0.250. The van der Waals surface area contributed by atoms with Crippen LogP contribution in [0, 0.1) is 5.92 Å². The summed E-state index contributed by atoms with van der Waals surface area (Å²) in [6.45, 7) is 5.05. The lowest BCUT2D eigenvalue weighted by atomic mass is 10.0. The number of hydrogen-bond donors (Lipinski definition) is 0. The van der Waals surface area contributed by atoms with Gasteiger partial charge in [-0.1, -0.05) is 60.1 Å². The fourth-order valence-electron chi connectivity index (χ4n) is 1.73. The molecule has 0 aliphatic rings. The molecule has 2 heteroatoms. The molecule has 0 fully saturated rings. The third kappa shape index (κ3) is 3.36. The van der Waals surface area contributed by atoms with Crippen LogP contribution in [0.3, 0.4) is 0 Å². The second kappa shape index (κ2) is 6.05. The summed E-state index contributed by atoms with van der Waals surface area (Å²) in [6, 6.07) is 16.5. The van der Waals surface area contributed by atoms with E-state index in [1.165, 1.54) is 5.56 Å². The molecule has 0 radical (unpaired) electrons. The van der Waals surface area contributed by atoms with E-state index in [-0.39, 0.29) is 0 Å². The second-order valence-electron chi connectivity index (χ2n) is 4.71. The van der Waals surface area contributed by atoms with E-state index in [0.29, 0.717) is 5.92 Å². The molecule has 0 heterocycles. The minimum absolute atomic E-state index is 0.525. The first-order valence-corrected chi connectivity index (χ1v) is 6.94. The van der Waals surface area contributed by atoms with Crippen molar-refractivity contribution in [2.45, 2.75) is 13.8 Å². The Labute approximate surface area is 117 Å². The van der Waals surface area contributed by atoms with Crippen LogP contribution in [0.4, 0.5) is 0 Å². The van der Waals surface area contributed by atoms with Crippen molar-refractivity contribution in [3.63, 3.8) is 0 Å². The Kier molecular flexibility index (Phi) is 4.43. The van der Waals surface area contributed by atoms with Gasteiger partial charge in [-0.25, -0.2) is 0 Å². The van der Waals surface area contributed by atoms with E-state index in [1.807, 2.05) is 30.3 Å². The first-order valence-electron chi connectivity index (χ1n) is 6.14. The third-order valence-electron chi connectivity index (χ3n) is 2.60. The molecule has 0 aromatic heterocycles. The molecule has 0 aliphatic heterocycles. The minimum Gasteiger partial charge on any atom is -0.493 e. The zero-order valence-electron chi connectivity index (χ0n) is 10.7. The standard InChI is InChI=1S/C16H17BrO/c1-12(2)11-18-16-9-8-14(17)10-15(16)13-6-4-3-5-7-13/h3-10,12H,11H2,1-2H3. The second-order valence-corrected chi connectivity index (χ2v) is 5.63. The normalized spacial score (nSPS) is 10.7. The molecule has 2 rings (SSSR count). The molecule has 18 heavy (non-hydrogen) atoms. The summed E-state index contributed by atoms with van der Waals surface area (Å²) < 4.78 is 6.95. The van der Waals surface area contributed by atoms with Gasteiger partial charge in [0, 0.05) is 10.0 Å². The highest BCUT2D eigenvalue weighted by molar-refractivity contribution is 9.10. The van der Waals surface area contributed by atoms with Gasteiger partial charge in [0.05, 0.1) is 6.61 Å². The molecule has 0 unspecified atom stereocenters. The smallest absolute Gasteiger partial charge is 0.127 e. The number of ether oxygens (including phenoxy) is 1. The Hall–Kier alpha value is -1.28. The van der Waals surface area contributed by atoms with Gasteiger partial charge in [0.1, 0.15) is 5.75 Å². The summed E-state index contributed by atoms with van der Waals surface area (Å²) in [5.41, 5.74) is 2.31. The van der Waals surface area contributed by atoms with Crippen molar-refractivity contribution in [2.24, 2.45) is 5.92 Å². The van der Waals surface area contributed by atoms with Crippen LogP contribution in [0.2, 0.25) is 0 Å². The Morgan fingerprint density at radius 3 is 2.44 bits per heavy atom. The summed E-state index contributed by atoms with van der Waals surface area (Å²) in [6.07, 6.45) is 0. The van der Waals surface area contributed by atoms with Crippen molar-refractivity contribution in [3.8, 4) is 16.9 Å². The van der Waals surface area contributed by atoms with Crippen LogP contribution in [0.5, 0.6) is 5.75 Å². The maximum Gasteiger partial charge on any atom is 0.127 e. The van der Waals surface area contributed by atoms with Gasteiger partial charge in [0.15, 0.2) is 0 Å². The number of rotatable bonds is 4. The Morgan fingerprint density at radius 1 is 1.06 bits per heavy atom. The Morgan fingerprint density at radius 2 is 1.78 bits per heavy atom. The van der Waals surface area contributed by atoms with Crippen molar-refractivity contribution in [1.29, 1.82) is 0 Å². The summed E-state index contributed by atoms with van der Waals surface area (Å²) in [5, 5.41) is 0. The van der Waals surface area contributed by atoms with Gasteiger partial charge >= 0.3 is 0 Å². The van der Waals surface area contributed by atoms with E-state index in [0.717, 1.165) is 22.4 Å². The molecule has 0 amide bonds. The lowest BCUT2D eigenvalue weighted by Gasteiger charge is -2.13. The van der Waals surface area contributed by atoms with Crippen molar-refractivity contribution in [2.75, 3.05) is 6.61 Å². The zero-order chi connectivity index (χ0) is 13.0. The topological polar surface area (TPSA) is 9.23 Å². The van der Waals surface area contributed by atoms with Crippen LogP contribution >= 0.6 is 15.9 Å². The lowest BCUT2D eigenvalue weighted by Crippen LogP contribution is -2.05. The zero-order valence-corrected chi connectivity index (χ0v) is 12.3. The fourth-order valence-corrected chi connectivity index (χ4v) is 2.09. The van der Waals surface area contributed by atoms with Gasteiger partial charge in [0.2, 0.25) is 0 Å². The van der Waals surface area contributed by atoms with E-state index in [9.17, 15) is 0 Å². The molecule has 0 N–H and O–H groups in total. The Bertz CT molecular complexity index is 506. The predicted molar refractivity (Wildman–Crippen MR) is 79.9 cm³/mol. The largest absolute Gasteiger partial charge is 0.493 e. The van der Waals surface area contributed by atoms with Gasteiger partial charge in [0.25, 0.3) is 0 Å². The maximum absolute atomic E-state index is 5.89. The molecule has 0 bridgehead atoms. The molecule has 0 aliphatic carbocycles. The third-order valence-corrected chi connectivity index (χ3v) is 3.09. The molecule has 0 saturated heterocycles. The summed E-state index contributed by atoms with van der Waals surface area (Å²) >= 11 is 3.52. The van der Waals surface area contributed by atoms with Gasteiger partial charge in [-0.05, 0) is 29.7 Å². The van der Waals surface area contributed by atoms with Crippen LogP contribution in [-0.2, 0) is 0 Å². The average molecular weight is 305 g/mol. The van der Waals surface area contributed by atoms with Gasteiger partial charge in [-0.2, -0.15) is 0 Å². The van der Waals surface area contributed by atoms with E-state index in [2.05, 4.69) is 48.0 Å². The Balaban J connectivity index is 2.35. The van der Waals surface area contributed by atoms with Crippen LogP contribution in [0.1, 0.15) is 13.8 Å². The van der Waals surface area contributed by atoms with Crippen LogP contribution in [0.15, 0.2) is 53.0 Å². The highest BCUT2D eigenvalue weighted by Gasteiger charge is 2.07. The van der Waals surface area contributed by atoms with Crippen LogP contribution < -0.4 is 4.74 Å². The van der Waals surface area contributed by atoms with Gasteiger partial charge < -0.3 is 4.74 Å². The van der Waals surface area contributed by atoms with Gasteiger partial charge in [-0.3, -0.25) is 0 Å². The van der Waals surface area contributed by atoms with E-state index < -0.39 is 0 Å². The molecule has 94 valence electrons. The SMILES string of the molecule is CC(C)COc1ccc(Br)cc1-c1ccccc1. The summed E-state index contributed by atoms with van der Waals surface area (Å²) in [7, 11) is 0. The van der Waals surface area contributed by atoms with Crippen LogP contribution in [0.25, 0.3) is 11.1 Å². The van der Waals surface area contributed by atoms with E-state index in [1.54, 1.807) is 0 Å². The summed E-state index contributed by atoms with van der Waals surface area (Å²) in [5.74, 6) is 1.47. The van der Waals surface area contributed by atoms with Crippen molar-refractivity contribution in [3.05, 3.63) is 53.0 Å². The highest BCUT2D eigenvalue weighted by atomic mass is 79.9. The molecule has 2 aromatic carbocycles.